The average Bonchev–Trinajstić information content (AvgIpc) is 2.88. The zero-order valence-corrected chi connectivity index (χ0v) is 14.2. The van der Waals surface area contributed by atoms with Crippen LogP contribution in [0.2, 0.25) is 0 Å². The summed E-state index contributed by atoms with van der Waals surface area (Å²) in [4.78, 5) is 0. The lowest BCUT2D eigenvalue weighted by Gasteiger charge is -2.24. The molecule has 2 aromatic rings. The number of ether oxygens (including phenoxy) is 1. The molecule has 0 radical (unpaired) electrons. The van der Waals surface area contributed by atoms with E-state index in [1.165, 1.54) is 29.5 Å². The molecule has 0 aliphatic heterocycles. The molecule has 1 saturated carbocycles. The summed E-state index contributed by atoms with van der Waals surface area (Å²) < 4.78 is 5.32. The topological polar surface area (TPSA) is 41.5 Å². The van der Waals surface area contributed by atoms with Crippen molar-refractivity contribution in [3.05, 3.63) is 59.2 Å². The van der Waals surface area contributed by atoms with Gasteiger partial charge in [-0.2, -0.15) is 0 Å². The molecule has 3 heteroatoms. The lowest BCUT2D eigenvalue weighted by Crippen LogP contribution is -2.37. The van der Waals surface area contributed by atoms with Crippen LogP contribution < -0.4 is 10.1 Å². The van der Waals surface area contributed by atoms with Crippen LogP contribution in [0.3, 0.4) is 0 Å². The predicted molar refractivity (Wildman–Crippen MR) is 95.4 cm³/mol. The molecule has 0 amide bonds. The highest BCUT2D eigenvalue weighted by molar-refractivity contribution is 5.37. The minimum absolute atomic E-state index is 0.396. The molecule has 3 nitrogen and oxygen atoms in total. The Morgan fingerprint density at radius 3 is 2.62 bits per heavy atom. The molecule has 24 heavy (non-hydrogen) atoms. The lowest BCUT2D eigenvalue weighted by atomic mass is 9.93. The Bertz CT molecular complexity index is 728. The molecular weight excluding hydrogens is 298 g/mol. The third-order valence-corrected chi connectivity index (χ3v) is 5.75. The van der Waals surface area contributed by atoms with E-state index in [2.05, 4.69) is 29.6 Å². The van der Waals surface area contributed by atoms with Crippen molar-refractivity contribution in [2.24, 2.45) is 11.8 Å². The largest absolute Gasteiger partial charge is 0.508 e. The fraction of sp³-hybridized carbons (Fsp3) is 0.429. The highest BCUT2D eigenvalue weighted by Crippen LogP contribution is 2.40. The number of methoxy groups -OCH3 is 1. The zero-order chi connectivity index (χ0) is 16.5. The van der Waals surface area contributed by atoms with Gasteiger partial charge in [-0.15, -0.1) is 0 Å². The highest BCUT2D eigenvalue weighted by Gasteiger charge is 2.38. The Kier molecular flexibility index (Phi) is 4.19. The maximum Gasteiger partial charge on any atom is 0.119 e. The number of fused-ring (bicyclic) bond motifs is 3. The number of benzene rings is 2. The molecule has 0 saturated heterocycles. The van der Waals surface area contributed by atoms with Crippen LogP contribution in [0.1, 0.15) is 29.5 Å². The number of aromatic hydroxyl groups is 1. The summed E-state index contributed by atoms with van der Waals surface area (Å²) in [6.07, 6.45) is 4.80. The molecule has 1 fully saturated rings. The quantitative estimate of drug-likeness (QED) is 0.902. The number of rotatable bonds is 4. The first kappa shape index (κ1) is 15.5. The molecule has 0 spiro atoms. The number of phenols is 1. The van der Waals surface area contributed by atoms with Gasteiger partial charge in [0.15, 0.2) is 0 Å². The molecule has 2 aliphatic rings. The first-order valence-electron chi connectivity index (χ1n) is 8.90. The minimum Gasteiger partial charge on any atom is -0.508 e. The van der Waals surface area contributed by atoms with Gasteiger partial charge in [-0.05, 0) is 78.5 Å². The van der Waals surface area contributed by atoms with Crippen LogP contribution in [0.4, 0.5) is 0 Å². The standard InChI is InChI=1S/C21H25NO2/c1-24-20-4-2-3-14(9-20)13-22-21-16-5-6-17(21)11-18-12-19(23)8-7-15(18)10-16/h2-4,7-9,12,16-17,21-23H,5-6,10-11,13H2,1H3. The van der Waals surface area contributed by atoms with Gasteiger partial charge in [-0.3, -0.25) is 0 Å². The second-order valence-electron chi connectivity index (χ2n) is 7.22. The first-order chi connectivity index (χ1) is 11.7. The van der Waals surface area contributed by atoms with Crippen LogP contribution in [0.25, 0.3) is 0 Å². The molecule has 2 bridgehead atoms. The van der Waals surface area contributed by atoms with Crippen LogP contribution >= 0.6 is 0 Å². The summed E-state index contributed by atoms with van der Waals surface area (Å²) in [7, 11) is 1.71. The Hall–Kier alpha value is -2.00. The van der Waals surface area contributed by atoms with Crippen molar-refractivity contribution in [3.63, 3.8) is 0 Å². The van der Waals surface area contributed by atoms with E-state index in [9.17, 15) is 5.11 Å². The second-order valence-corrected chi connectivity index (χ2v) is 7.22. The van der Waals surface area contributed by atoms with Crippen molar-refractivity contribution < 1.29 is 9.84 Å². The average molecular weight is 323 g/mol. The van der Waals surface area contributed by atoms with Crippen molar-refractivity contribution in [1.29, 1.82) is 0 Å². The Morgan fingerprint density at radius 1 is 1.04 bits per heavy atom. The zero-order valence-electron chi connectivity index (χ0n) is 14.2. The summed E-state index contributed by atoms with van der Waals surface area (Å²) >= 11 is 0. The predicted octanol–water partition coefficient (Wildman–Crippen LogP) is 3.68. The first-order valence-corrected chi connectivity index (χ1v) is 8.90. The van der Waals surface area contributed by atoms with Gasteiger partial charge in [0, 0.05) is 12.6 Å². The summed E-state index contributed by atoms with van der Waals surface area (Å²) in [6, 6.07) is 14.8. The summed E-state index contributed by atoms with van der Waals surface area (Å²) in [5.74, 6) is 2.68. The minimum atomic E-state index is 0.396. The molecule has 4 rings (SSSR count). The van der Waals surface area contributed by atoms with Crippen LogP contribution in [0, 0.1) is 11.8 Å². The fourth-order valence-electron chi connectivity index (χ4n) is 4.55. The monoisotopic (exact) mass is 323 g/mol. The van der Waals surface area contributed by atoms with E-state index in [1.54, 1.807) is 7.11 Å². The molecule has 126 valence electrons. The smallest absolute Gasteiger partial charge is 0.119 e. The maximum atomic E-state index is 9.79. The van der Waals surface area contributed by atoms with Crippen LogP contribution in [0.5, 0.6) is 11.5 Å². The SMILES string of the molecule is COc1cccc(CNC2C3CCC2Cc2cc(O)ccc2C3)c1. The number of hydrogen-bond donors (Lipinski definition) is 2. The van der Waals surface area contributed by atoms with E-state index < -0.39 is 0 Å². The van der Waals surface area contributed by atoms with E-state index in [0.29, 0.717) is 23.6 Å². The van der Waals surface area contributed by atoms with Crippen LogP contribution in [-0.4, -0.2) is 18.3 Å². The molecule has 2 N–H and O–H groups in total. The van der Waals surface area contributed by atoms with E-state index >= 15 is 0 Å². The molecular formula is C21H25NO2. The Balaban J connectivity index is 1.49. The van der Waals surface area contributed by atoms with E-state index in [0.717, 1.165) is 25.1 Å². The van der Waals surface area contributed by atoms with Crippen molar-refractivity contribution in [1.82, 2.24) is 5.32 Å². The molecule has 3 unspecified atom stereocenters. The van der Waals surface area contributed by atoms with Crippen molar-refractivity contribution in [3.8, 4) is 11.5 Å². The maximum absolute atomic E-state index is 9.79. The summed E-state index contributed by atoms with van der Waals surface area (Å²) in [6.45, 7) is 0.885. The third kappa shape index (κ3) is 3.01. The number of hydrogen-bond acceptors (Lipinski definition) is 3. The second kappa shape index (κ2) is 6.48. The highest BCUT2D eigenvalue weighted by atomic mass is 16.5. The third-order valence-electron chi connectivity index (χ3n) is 5.75. The van der Waals surface area contributed by atoms with Crippen LogP contribution in [-0.2, 0) is 19.4 Å². The van der Waals surface area contributed by atoms with E-state index in [4.69, 9.17) is 4.74 Å². The van der Waals surface area contributed by atoms with E-state index in [1.807, 2.05) is 18.2 Å². The normalized spacial score (nSPS) is 25.1. The van der Waals surface area contributed by atoms with Gasteiger partial charge in [-0.1, -0.05) is 18.2 Å². The van der Waals surface area contributed by atoms with Gasteiger partial charge in [0.2, 0.25) is 0 Å². The fourth-order valence-corrected chi connectivity index (χ4v) is 4.55. The van der Waals surface area contributed by atoms with Gasteiger partial charge in [0.05, 0.1) is 7.11 Å². The van der Waals surface area contributed by atoms with Crippen molar-refractivity contribution in [2.75, 3.05) is 7.11 Å². The number of nitrogens with one attached hydrogen (secondary N) is 1. The Labute approximate surface area is 143 Å². The van der Waals surface area contributed by atoms with Crippen molar-refractivity contribution in [2.45, 2.75) is 38.3 Å². The summed E-state index contributed by atoms with van der Waals surface area (Å²) in [5, 5.41) is 13.6. The summed E-state index contributed by atoms with van der Waals surface area (Å²) in [5.41, 5.74) is 4.04. The molecule has 2 aliphatic carbocycles. The molecule has 0 heterocycles. The van der Waals surface area contributed by atoms with Crippen molar-refractivity contribution >= 4 is 0 Å². The number of phenolic OH excluding ortho intramolecular Hbond substituents is 1. The van der Waals surface area contributed by atoms with E-state index in [-0.39, 0.29) is 0 Å². The molecule has 3 atom stereocenters. The van der Waals surface area contributed by atoms with Gasteiger partial charge < -0.3 is 15.2 Å². The lowest BCUT2D eigenvalue weighted by molar-refractivity contribution is 0.340. The van der Waals surface area contributed by atoms with Crippen LogP contribution in [0.15, 0.2) is 42.5 Å². The van der Waals surface area contributed by atoms with Gasteiger partial charge >= 0.3 is 0 Å². The molecule has 0 aromatic heterocycles. The Morgan fingerprint density at radius 2 is 1.83 bits per heavy atom. The molecule has 2 aromatic carbocycles. The van der Waals surface area contributed by atoms with Gasteiger partial charge in [-0.25, -0.2) is 0 Å². The van der Waals surface area contributed by atoms with Gasteiger partial charge in [0.1, 0.15) is 11.5 Å². The van der Waals surface area contributed by atoms with Gasteiger partial charge in [0.25, 0.3) is 0 Å².